The molecule has 1 fully saturated rings. The standard InChI is InChI=1S/C16H23N6O2/c1-6-8-21-14(23)12-13(19(5)16(21)24)17-15(20(12)7-2)22-11(4)9-10(3)18-22/h9,12H,6-8H2,1-5H3/q+1. The van der Waals surface area contributed by atoms with Crippen molar-refractivity contribution in [3.63, 3.8) is 0 Å². The number of hydrogen-bond acceptors (Lipinski definition) is 4. The quantitative estimate of drug-likeness (QED) is 0.770. The Bertz CT molecular complexity index is 776. The van der Waals surface area contributed by atoms with E-state index >= 15 is 0 Å². The summed E-state index contributed by atoms with van der Waals surface area (Å²) in [6, 6.07) is 1.08. The number of aliphatic imine (C=N–C) groups is 1. The first kappa shape index (κ1) is 16.4. The van der Waals surface area contributed by atoms with E-state index in [0.717, 1.165) is 17.8 Å². The highest BCUT2D eigenvalue weighted by molar-refractivity contribution is 6.22. The van der Waals surface area contributed by atoms with E-state index in [4.69, 9.17) is 0 Å². The van der Waals surface area contributed by atoms with Crippen LogP contribution in [0.3, 0.4) is 0 Å². The van der Waals surface area contributed by atoms with Crippen molar-refractivity contribution in [3.8, 4) is 0 Å². The Morgan fingerprint density at radius 1 is 1.25 bits per heavy atom. The number of fused-ring (bicyclic) bond motifs is 1. The van der Waals surface area contributed by atoms with Crippen molar-refractivity contribution in [3.05, 3.63) is 17.5 Å². The lowest BCUT2D eigenvalue weighted by Crippen LogP contribution is -2.62. The number of imide groups is 1. The summed E-state index contributed by atoms with van der Waals surface area (Å²) >= 11 is 0. The second kappa shape index (κ2) is 5.85. The molecule has 0 saturated carbocycles. The molecule has 1 aromatic rings. The van der Waals surface area contributed by atoms with Gasteiger partial charge in [0.15, 0.2) is 0 Å². The Hall–Kier alpha value is -2.51. The Balaban J connectivity index is 2.12. The minimum Gasteiger partial charge on any atom is -0.270 e. The molecule has 1 atom stereocenters. The molecule has 3 rings (SSSR count). The molecule has 1 aromatic heterocycles. The van der Waals surface area contributed by atoms with Crippen molar-refractivity contribution in [2.45, 2.75) is 40.2 Å². The molecule has 1 saturated heterocycles. The number of carbonyl (C=O) groups is 2. The Labute approximate surface area is 141 Å². The van der Waals surface area contributed by atoms with Crippen LogP contribution in [0.15, 0.2) is 11.1 Å². The van der Waals surface area contributed by atoms with Gasteiger partial charge in [-0.15, -0.1) is 9.78 Å². The lowest BCUT2D eigenvalue weighted by molar-refractivity contribution is -0.534. The predicted octanol–water partition coefficient (Wildman–Crippen LogP) is 0.821. The number of amides is 3. The lowest BCUT2D eigenvalue weighted by atomic mass is 10.1. The van der Waals surface area contributed by atoms with Gasteiger partial charge in [0.05, 0.1) is 12.2 Å². The SMILES string of the molecule is CCCN1C(=O)C2C(=NC(n3nc(C)cc3C)=[N+]2CC)N(C)C1=O. The molecule has 0 aliphatic carbocycles. The van der Waals surface area contributed by atoms with Crippen molar-refractivity contribution in [2.24, 2.45) is 4.99 Å². The summed E-state index contributed by atoms with van der Waals surface area (Å²) in [5.74, 6) is 0.855. The van der Waals surface area contributed by atoms with Gasteiger partial charge in [-0.05, 0) is 33.3 Å². The van der Waals surface area contributed by atoms with E-state index in [1.807, 2.05) is 38.3 Å². The van der Waals surface area contributed by atoms with Crippen molar-refractivity contribution in [2.75, 3.05) is 20.1 Å². The monoisotopic (exact) mass is 331 g/mol. The number of aromatic nitrogens is 2. The number of aryl methyl sites for hydroxylation is 2. The first-order valence-corrected chi connectivity index (χ1v) is 8.25. The Kier molecular flexibility index (Phi) is 3.98. The van der Waals surface area contributed by atoms with Crippen LogP contribution in [0.1, 0.15) is 31.7 Å². The molecule has 8 nitrogen and oxygen atoms in total. The van der Waals surface area contributed by atoms with Crippen LogP contribution in [0, 0.1) is 13.8 Å². The average molecular weight is 331 g/mol. The van der Waals surface area contributed by atoms with E-state index in [1.165, 1.54) is 9.80 Å². The van der Waals surface area contributed by atoms with Gasteiger partial charge in [-0.3, -0.25) is 14.6 Å². The van der Waals surface area contributed by atoms with Gasteiger partial charge in [0.25, 0.3) is 5.91 Å². The molecule has 3 amide bonds. The summed E-state index contributed by atoms with van der Waals surface area (Å²) in [7, 11) is 1.67. The molecule has 8 heteroatoms. The van der Waals surface area contributed by atoms with Crippen molar-refractivity contribution in [1.29, 1.82) is 0 Å². The lowest BCUT2D eigenvalue weighted by Gasteiger charge is -2.33. The van der Waals surface area contributed by atoms with Crippen LogP contribution in [-0.4, -0.2) is 74.1 Å². The predicted molar refractivity (Wildman–Crippen MR) is 89.3 cm³/mol. The third kappa shape index (κ3) is 2.24. The van der Waals surface area contributed by atoms with Gasteiger partial charge in [-0.25, -0.2) is 9.37 Å². The van der Waals surface area contributed by atoms with Gasteiger partial charge in [0.1, 0.15) is 5.69 Å². The van der Waals surface area contributed by atoms with E-state index in [1.54, 1.807) is 11.7 Å². The molecule has 128 valence electrons. The van der Waals surface area contributed by atoms with Crippen LogP contribution >= 0.6 is 0 Å². The van der Waals surface area contributed by atoms with Crippen LogP contribution < -0.4 is 0 Å². The largest absolute Gasteiger partial charge is 0.421 e. The molecule has 0 radical (unpaired) electrons. The smallest absolute Gasteiger partial charge is 0.270 e. The topological polar surface area (TPSA) is 73.8 Å². The van der Waals surface area contributed by atoms with Gasteiger partial charge < -0.3 is 0 Å². The summed E-state index contributed by atoms with van der Waals surface area (Å²) < 4.78 is 3.64. The van der Waals surface area contributed by atoms with Crippen molar-refractivity contribution >= 4 is 23.7 Å². The third-order valence-electron chi connectivity index (χ3n) is 4.38. The molecule has 2 aliphatic rings. The van der Waals surface area contributed by atoms with Crippen molar-refractivity contribution in [1.82, 2.24) is 19.6 Å². The van der Waals surface area contributed by atoms with Crippen LogP contribution in [-0.2, 0) is 4.79 Å². The molecule has 0 spiro atoms. The minimum atomic E-state index is -0.567. The van der Waals surface area contributed by atoms with Gasteiger partial charge in [0.2, 0.25) is 11.9 Å². The van der Waals surface area contributed by atoms with E-state index < -0.39 is 6.04 Å². The number of urea groups is 1. The number of carbonyl (C=O) groups excluding carboxylic acids is 2. The molecular formula is C16H23N6O2+. The van der Waals surface area contributed by atoms with Gasteiger partial charge in [-0.2, -0.15) is 0 Å². The second-order valence-corrected chi connectivity index (χ2v) is 6.13. The van der Waals surface area contributed by atoms with Crippen LogP contribution in [0.5, 0.6) is 0 Å². The molecule has 2 aliphatic heterocycles. The van der Waals surface area contributed by atoms with E-state index in [2.05, 4.69) is 10.1 Å². The summed E-state index contributed by atoms with van der Waals surface area (Å²) in [4.78, 5) is 32.8. The number of amidine groups is 1. The van der Waals surface area contributed by atoms with Gasteiger partial charge in [-0.1, -0.05) is 11.9 Å². The van der Waals surface area contributed by atoms with Crippen LogP contribution in [0.25, 0.3) is 0 Å². The van der Waals surface area contributed by atoms with Crippen molar-refractivity contribution < 1.29 is 14.2 Å². The first-order chi connectivity index (χ1) is 11.4. The van der Waals surface area contributed by atoms with Gasteiger partial charge >= 0.3 is 12.0 Å². The fourth-order valence-electron chi connectivity index (χ4n) is 3.26. The molecule has 1 unspecified atom stereocenters. The molecule has 0 bridgehead atoms. The summed E-state index contributed by atoms with van der Waals surface area (Å²) in [5.41, 5.74) is 1.82. The van der Waals surface area contributed by atoms with E-state index in [9.17, 15) is 9.59 Å². The maximum Gasteiger partial charge on any atom is 0.421 e. The zero-order valence-corrected chi connectivity index (χ0v) is 14.8. The average Bonchev–Trinajstić information content (AvgIpc) is 3.08. The molecule has 3 heterocycles. The molecule has 0 aromatic carbocycles. The summed E-state index contributed by atoms with van der Waals surface area (Å²) in [6.07, 6.45) is 0.727. The highest BCUT2D eigenvalue weighted by Crippen LogP contribution is 2.21. The molecule has 24 heavy (non-hydrogen) atoms. The maximum absolute atomic E-state index is 12.9. The summed E-state index contributed by atoms with van der Waals surface area (Å²) in [5, 5.41) is 4.48. The zero-order chi connectivity index (χ0) is 17.6. The van der Waals surface area contributed by atoms with Gasteiger partial charge in [0, 0.05) is 13.6 Å². The number of likely N-dealkylation sites (N-methyl/N-ethyl adjacent to an activating group) is 2. The zero-order valence-electron chi connectivity index (χ0n) is 14.8. The minimum absolute atomic E-state index is 0.211. The molecular weight excluding hydrogens is 308 g/mol. The molecule has 0 N–H and O–H groups in total. The Morgan fingerprint density at radius 3 is 2.50 bits per heavy atom. The highest BCUT2D eigenvalue weighted by atomic mass is 16.2. The van der Waals surface area contributed by atoms with Crippen LogP contribution in [0.2, 0.25) is 0 Å². The maximum atomic E-state index is 12.9. The third-order valence-corrected chi connectivity index (χ3v) is 4.38. The number of nitrogens with zero attached hydrogens (tertiary/aromatic N) is 6. The summed E-state index contributed by atoms with van der Waals surface area (Å²) in [6.45, 7) is 8.79. The highest BCUT2D eigenvalue weighted by Gasteiger charge is 2.52. The normalized spacial score (nSPS) is 20.9. The second-order valence-electron chi connectivity index (χ2n) is 6.13. The fraction of sp³-hybridized carbons (Fsp3) is 0.562. The van der Waals surface area contributed by atoms with E-state index in [0.29, 0.717) is 24.9 Å². The fourth-order valence-corrected chi connectivity index (χ4v) is 3.26. The van der Waals surface area contributed by atoms with E-state index in [-0.39, 0.29) is 11.9 Å². The Morgan fingerprint density at radius 2 is 1.96 bits per heavy atom. The first-order valence-electron chi connectivity index (χ1n) is 8.25. The number of rotatable bonds is 3. The number of hydrogen-bond donors (Lipinski definition) is 0. The van der Waals surface area contributed by atoms with Crippen LogP contribution in [0.4, 0.5) is 4.79 Å².